The average Bonchev–Trinajstić information content (AvgIpc) is 3.11. The number of fused-ring (bicyclic) bond motifs is 1. The number of hydrogen-bond donors (Lipinski definition) is 1. The lowest BCUT2D eigenvalue weighted by Crippen LogP contribution is -2.28. The Hall–Kier alpha value is -3.22. The highest BCUT2D eigenvalue weighted by atomic mass is 16.6. The second-order valence-electron chi connectivity index (χ2n) is 6.65. The summed E-state index contributed by atoms with van der Waals surface area (Å²) in [5.41, 5.74) is 1.32. The van der Waals surface area contributed by atoms with E-state index in [4.69, 9.17) is 14.2 Å². The van der Waals surface area contributed by atoms with Crippen LogP contribution in [0.3, 0.4) is 0 Å². The van der Waals surface area contributed by atoms with Crippen LogP contribution in [0.25, 0.3) is 0 Å². The summed E-state index contributed by atoms with van der Waals surface area (Å²) in [4.78, 5) is 26.9. The van der Waals surface area contributed by atoms with Gasteiger partial charge in [-0.1, -0.05) is 12.1 Å². The van der Waals surface area contributed by atoms with Crippen LogP contribution in [0.15, 0.2) is 42.5 Å². The van der Waals surface area contributed by atoms with Gasteiger partial charge in [0.2, 0.25) is 11.8 Å². The van der Waals surface area contributed by atoms with E-state index in [0.717, 1.165) is 0 Å². The Morgan fingerprint density at radius 2 is 1.96 bits per heavy atom. The molecule has 1 N–H and O–H groups in total. The van der Waals surface area contributed by atoms with Gasteiger partial charge in [0, 0.05) is 24.7 Å². The first-order chi connectivity index (χ1) is 13.7. The standard InChI is InChI=1S/C21H22N2O5/c1-2-26-17-6-4-3-5-16(17)22-21(25)14-11-20(24)23(13-14)15-7-8-18-19(12-15)28-10-9-27-18/h3-8,12,14H,2,9-11,13H2,1H3,(H,22,25)/t14-/m1/s1. The zero-order valence-electron chi connectivity index (χ0n) is 15.6. The van der Waals surface area contributed by atoms with Crippen molar-refractivity contribution in [3.63, 3.8) is 0 Å². The topological polar surface area (TPSA) is 77.1 Å². The molecule has 2 amide bonds. The van der Waals surface area contributed by atoms with Crippen LogP contribution in [0, 0.1) is 5.92 Å². The molecular weight excluding hydrogens is 360 g/mol. The number of hydrogen-bond acceptors (Lipinski definition) is 5. The number of rotatable bonds is 5. The van der Waals surface area contributed by atoms with E-state index in [1.807, 2.05) is 25.1 Å². The Kier molecular flexibility index (Phi) is 5.06. The van der Waals surface area contributed by atoms with E-state index >= 15 is 0 Å². The van der Waals surface area contributed by atoms with E-state index in [1.165, 1.54) is 0 Å². The van der Waals surface area contributed by atoms with Gasteiger partial charge in [-0.05, 0) is 31.2 Å². The van der Waals surface area contributed by atoms with Gasteiger partial charge in [0.1, 0.15) is 19.0 Å². The smallest absolute Gasteiger partial charge is 0.229 e. The number of ether oxygens (including phenoxy) is 3. The van der Waals surface area contributed by atoms with Crippen LogP contribution in [-0.4, -0.2) is 38.2 Å². The molecule has 2 aliphatic rings. The maximum absolute atomic E-state index is 12.7. The second kappa shape index (κ2) is 7.80. The second-order valence-corrected chi connectivity index (χ2v) is 6.65. The molecule has 2 aromatic carbocycles. The van der Waals surface area contributed by atoms with Crippen LogP contribution in [0.5, 0.6) is 17.2 Å². The molecule has 2 heterocycles. The maximum Gasteiger partial charge on any atom is 0.229 e. The zero-order chi connectivity index (χ0) is 19.5. The molecule has 0 saturated carbocycles. The van der Waals surface area contributed by atoms with Gasteiger partial charge in [0.15, 0.2) is 11.5 Å². The first kappa shape index (κ1) is 18.2. The third kappa shape index (κ3) is 3.60. The lowest BCUT2D eigenvalue weighted by molar-refractivity contribution is -0.122. The van der Waals surface area contributed by atoms with Gasteiger partial charge in [-0.15, -0.1) is 0 Å². The summed E-state index contributed by atoms with van der Waals surface area (Å²) in [7, 11) is 0. The first-order valence-electron chi connectivity index (χ1n) is 9.38. The van der Waals surface area contributed by atoms with Crippen molar-refractivity contribution in [1.29, 1.82) is 0 Å². The van der Waals surface area contributed by atoms with Crippen molar-refractivity contribution in [2.75, 3.05) is 36.6 Å². The summed E-state index contributed by atoms with van der Waals surface area (Å²) in [6, 6.07) is 12.7. The summed E-state index contributed by atoms with van der Waals surface area (Å²) < 4.78 is 16.7. The van der Waals surface area contributed by atoms with Crippen molar-refractivity contribution in [2.24, 2.45) is 5.92 Å². The minimum absolute atomic E-state index is 0.0880. The van der Waals surface area contributed by atoms with Gasteiger partial charge in [-0.3, -0.25) is 9.59 Å². The lowest BCUT2D eigenvalue weighted by Gasteiger charge is -2.22. The van der Waals surface area contributed by atoms with Crippen molar-refractivity contribution >= 4 is 23.2 Å². The molecule has 4 rings (SSSR count). The zero-order valence-corrected chi connectivity index (χ0v) is 15.6. The van der Waals surface area contributed by atoms with Crippen LogP contribution in [0.2, 0.25) is 0 Å². The number of para-hydroxylation sites is 2. The van der Waals surface area contributed by atoms with Gasteiger partial charge in [-0.2, -0.15) is 0 Å². The Morgan fingerprint density at radius 1 is 1.18 bits per heavy atom. The molecule has 0 unspecified atom stereocenters. The molecule has 2 aliphatic heterocycles. The highest BCUT2D eigenvalue weighted by Gasteiger charge is 2.35. The van der Waals surface area contributed by atoms with Crippen molar-refractivity contribution in [3.05, 3.63) is 42.5 Å². The van der Waals surface area contributed by atoms with Gasteiger partial charge in [-0.25, -0.2) is 0 Å². The molecule has 7 nitrogen and oxygen atoms in total. The molecule has 0 aliphatic carbocycles. The highest BCUT2D eigenvalue weighted by Crippen LogP contribution is 2.36. The first-order valence-corrected chi connectivity index (χ1v) is 9.38. The van der Waals surface area contributed by atoms with E-state index in [-0.39, 0.29) is 18.2 Å². The van der Waals surface area contributed by atoms with Crippen LogP contribution >= 0.6 is 0 Å². The number of carbonyl (C=O) groups is 2. The van der Waals surface area contributed by atoms with Crippen molar-refractivity contribution in [3.8, 4) is 17.2 Å². The van der Waals surface area contributed by atoms with Crippen molar-refractivity contribution < 1.29 is 23.8 Å². The largest absolute Gasteiger partial charge is 0.492 e. The van der Waals surface area contributed by atoms with Gasteiger partial charge < -0.3 is 24.4 Å². The van der Waals surface area contributed by atoms with E-state index in [0.29, 0.717) is 55.0 Å². The Morgan fingerprint density at radius 3 is 2.79 bits per heavy atom. The normalized spacial score (nSPS) is 18.1. The predicted molar refractivity (Wildman–Crippen MR) is 104 cm³/mol. The molecule has 0 aromatic heterocycles. The number of anilines is 2. The fraction of sp³-hybridized carbons (Fsp3) is 0.333. The summed E-state index contributed by atoms with van der Waals surface area (Å²) in [6.45, 7) is 3.71. The van der Waals surface area contributed by atoms with Crippen LogP contribution in [-0.2, 0) is 9.59 Å². The molecule has 7 heteroatoms. The number of nitrogens with one attached hydrogen (secondary N) is 1. The van der Waals surface area contributed by atoms with Gasteiger partial charge in [0.25, 0.3) is 0 Å². The molecule has 0 bridgehead atoms. The molecular formula is C21H22N2O5. The summed E-state index contributed by atoms with van der Waals surface area (Å²) in [5, 5.41) is 2.89. The molecule has 1 atom stereocenters. The SMILES string of the molecule is CCOc1ccccc1NC(=O)[C@@H]1CC(=O)N(c2ccc3c(c2)OCCO3)C1. The number of benzene rings is 2. The van der Waals surface area contributed by atoms with Crippen LogP contribution in [0.1, 0.15) is 13.3 Å². The van der Waals surface area contributed by atoms with E-state index in [2.05, 4.69) is 5.32 Å². The summed E-state index contributed by atoms with van der Waals surface area (Å²) in [6.07, 6.45) is 0.164. The predicted octanol–water partition coefficient (Wildman–Crippen LogP) is 2.85. The number of nitrogens with zero attached hydrogens (tertiary/aromatic N) is 1. The molecule has 1 fully saturated rings. The van der Waals surface area contributed by atoms with Gasteiger partial charge >= 0.3 is 0 Å². The Bertz CT molecular complexity index is 898. The third-order valence-corrected chi connectivity index (χ3v) is 4.78. The van der Waals surface area contributed by atoms with Crippen molar-refractivity contribution in [1.82, 2.24) is 0 Å². The van der Waals surface area contributed by atoms with E-state index in [9.17, 15) is 9.59 Å². The highest BCUT2D eigenvalue weighted by molar-refractivity contribution is 6.04. The fourth-order valence-electron chi connectivity index (χ4n) is 3.42. The quantitative estimate of drug-likeness (QED) is 0.861. The minimum Gasteiger partial charge on any atom is -0.492 e. The maximum atomic E-state index is 12.7. The van der Waals surface area contributed by atoms with Crippen LogP contribution in [0.4, 0.5) is 11.4 Å². The average molecular weight is 382 g/mol. The molecule has 2 aromatic rings. The van der Waals surface area contributed by atoms with E-state index in [1.54, 1.807) is 29.2 Å². The summed E-state index contributed by atoms with van der Waals surface area (Å²) in [5.74, 6) is 1.19. The molecule has 1 saturated heterocycles. The Balaban J connectivity index is 1.47. The third-order valence-electron chi connectivity index (χ3n) is 4.78. The minimum atomic E-state index is -0.435. The lowest BCUT2D eigenvalue weighted by atomic mass is 10.1. The number of amides is 2. The van der Waals surface area contributed by atoms with Gasteiger partial charge in [0.05, 0.1) is 18.2 Å². The molecule has 0 spiro atoms. The van der Waals surface area contributed by atoms with Crippen molar-refractivity contribution in [2.45, 2.75) is 13.3 Å². The molecule has 28 heavy (non-hydrogen) atoms. The van der Waals surface area contributed by atoms with E-state index < -0.39 is 5.92 Å². The Labute approximate surface area is 163 Å². The monoisotopic (exact) mass is 382 g/mol. The fourth-order valence-corrected chi connectivity index (χ4v) is 3.42. The number of carbonyl (C=O) groups excluding carboxylic acids is 2. The molecule has 0 radical (unpaired) electrons. The summed E-state index contributed by atoms with van der Waals surface area (Å²) >= 11 is 0. The molecule has 146 valence electrons. The van der Waals surface area contributed by atoms with Crippen LogP contribution < -0.4 is 24.4 Å².